The topological polar surface area (TPSA) is 45.2 Å². The van der Waals surface area contributed by atoms with E-state index in [9.17, 15) is 5.11 Å². The molecule has 0 spiro atoms. The van der Waals surface area contributed by atoms with Gasteiger partial charge >= 0.3 is 0 Å². The molecule has 0 aliphatic carbocycles. The highest BCUT2D eigenvalue weighted by atomic mass is 16.7. The van der Waals surface area contributed by atoms with E-state index < -0.39 is 5.60 Å². The van der Waals surface area contributed by atoms with Gasteiger partial charge in [0.05, 0.1) is 13.2 Å². The number of nitrogens with zero attached hydrogens (tertiary/aromatic N) is 2. The van der Waals surface area contributed by atoms with E-state index in [1.54, 1.807) is 0 Å². The Hall–Kier alpha value is -0.200. The van der Waals surface area contributed by atoms with Crippen LogP contribution < -0.4 is 0 Å². The fourth-order valence-electron chi connectivity index (χ4n) is 6.67. The molecular formula is C24H48N2O3. The quantitative estimate of drug-likeness (QED) is 0.651. The van der Waals surface area contributed by atoms with E-state index in [1.165, 1.54) is 0 Å². The van der Waals surface area contributed by atoms with Crippen LogP contribution in [0.25, 0.3) is 0 Å². The van der Waals surface area contributed by atoms with Gasteiger partial charge in [0.1, 0.15) is 5.60 Å². The Morgan fingerprint density at radius 2 is 0.931 bits per heavy atom. The first kappa shape index (κ1) is 25.1. The van der Waals surface area contributed by atoms with Gasteiger partial charge in [-0.3, -0.25) is 9.68 Å². The molecular weight excluding hydrogens is 364 g/mol. The largest absolute Gasteiger partial charge is 0.385 e. The normalized spacial score (nSPS) is 28.6. The summed E-state index contributed by atoms with van der Waals surface area (Å²) in [6, 6.07) is 0. The van der Waals surface area contributed by atoms with Crippen molar-refractivity contribution in [1.29, 1.82) is 0 Å². The van der Waals surface area contributed by atoms with Crippen molar-refractivity contribution in [3.8, 4) is 0 Å². The molecule has 0 bridgehead atoms. The second-order valence-electron chi connectivity index (χ2n) is 12.9. The predicted octanol–water partition coefficient (Wildman–Crippen LogP) is 5.18. The number of hydrogen-bond donors (Lipinski definition) is 1. The second-order valence-corrected chi connectivity index (χ2v) is 12.9. The van der Waals surface area contributed by atoms with Gasteiger partial charge in [-0.05, 0) is 99.8 Å². The van der Waals surface area contributed by atoms with Gasteiger partial charge in [-0.2, -0.15) is 10.1 Å². The minimum atomic E-state index is -1.07. The molecule has 5 nitrogen and oxygen atoms in total. The van der Waals surface area contributed by atoms with Crippen molar-refractivity contribution >= 4 is 0 Å². The maximum atomic E-state index is 11.1. The van der Waals surface area contributed by atoms with Crippen molar-refractivity contribution < 1.29 is 14.8 Å². The van der Waals surface area contributed by atoms with Crippen LogP contribution in [0.5, 0.6) is 0 Å². The third-order valence-electron chi connectivity index (χ3n) is 6.60. The zero-order valence-corrected chi connectivity index (χ0v) is 21.1. The Morgan fingerprint density at radius 1 is 0.690 bits per heavy atom. The smallest absolute Gasteiger partial charge is 0.112 e. The van der Waals surface area contributed by atoms with Gasteiger partial charge in [0.15, 0.2) is 0 Å². The molecule has 0 amide bonds. The summed E-state index contributed by atoms with van der Waals surface area (Å²) in [4.78, 5) is 12.5. The van der Waals surface area contributed by atoms with Crippen LogP contribution in [-0.2, 0) is 9.68 Å². The number of piperidine rings is 2. The average Bonchev–Trinajstić information content (AvgIpc) is 2.40. The van der Waals surface area contributed by atoms with E-state index in [4.69, 9.17) is 9.68 Å². The Morgan fingerprint density at radius 3 is 1.17 bits per heavy atom. The number of rotatable bonds is 6. The summed E-state index contributed by atoms with van der Waals surface area (Å²) in [5.74, 6) is 1.32. The maximum absolute atomic E-state index is 11.1. The van der Waals surface area contributed by atoms with Crippen LogP contribution in [0, 0.1) is 11.8 Å². The van der Waals surface area contributed by atoms with Crippen molar-refractivity contribution in [1.82, 2.24) is 10.1 Å². The van der Waals surface area contributed by atoms with Crippen molar-refractivity contribution in [2.75, 3.05) is 13.2 Å². The molecule has 2 heterocycles. The fraction of sp³-hybridized carbons (Fsp3) is 1.00. The van der Waals surface area contributed by atoms with Crippen LogP contribution >= 0.6 is 0 Å². The third-order valence-corrected chi connectivity index (χ3v) is 6.60. The van der Waals surface area contributed by atoms with E-state index in [0.717, 1.165) is 25.7 Å². The summed E-state index contributed by atoms with van der Waals surface area (Å²) in [6.07, 6.45) is 4.35. The van der Waals surface area contributed by atoms with E-state index in [1.807, 2.05) is 6.92 Å². The van der Waals surface area contributed by atoms with Crippen molar-refractivity contribution in [3.05, 3.63) is 0 Å². The van der Waals surface area contributed by atoms with Gasteiger partial charge in [0.2, 0.25) is 0 Å². The van der Waals surface area contributed by atoms with Crippen LogP contribution in [0.2, 0.25) is 0 Å². The van der Waals surface area contributed by atoms with Crippen LogP contribution in [0.1, 0.15) is 102 Å². The van der Waals surface area contributed by atoms with E-state index in [2.05, 4.69) is 79.4 Å². The molecule has 0 aromatic heterocycles. The molecule has 1 N–H and O–H groups in total. The highest BCUT2D eigenvalue weighted by molar-refractivity contribution is 4.97. The van der Waals surface area contributed by atoms with Crippen LogP contribution in [0.15, 0.2) is 0 Å². The lowest BCUT2D eigenvalue weighted by molar-refractivity contribution is -0.329. The van der Waals surface area contributed by atoms with Crippen LogP contribution in [0.3, 0.4) is 0 Å². The summed E-state index contributed by atoms with van der Waals surface area (Å²) in [5, 5.41) is 15.3. The summed E-state index contributed by atoms with van der Waals surface area (Å²) >= 11 is 0. The lowest BCUT2D eigenvalue weighted by Gasteiger charge is -2.54. The first-order valence-corrected chi connectivity index (χ1v) is 11.5. The number of hydroxylamine groups is 4. The molecule has 0 atom stereocenters. The van der Waals surface area contributed by atoms with Gasteiger partial charge in [0, 0.05) is 22.2 Å². The molecule has 2 aliphatic rings. The van der Waals surface area contributed by atoms with Gasteiger partial charge < -0.3 is 5.11 Å². The van der Waals surface area contributed by atoms with Crippen LogP contribution in [0.4, 0.5) is 0 Å². The maximum Gasteiger partial charge on any atom is 0.112 e. The summed E-state index contributed by atoms with van der Waals surface area (Å²) in [7, 11) is 0. The van der Waals surface area contributed by atoms with Crippen molar-refractivity contribution in [3.63, 3.8) is 0 Å². The Kier molecular flexibility index (Phi) is 6.96. The zero-order chi connectivity index (χ0) is 22.5. The van der Waals surface area contributed by atoms with Crippen LogP contribution in [-0.4, -0.2) is 56.2 Å². The SMILES string of the molecule is CC1CC(C)(C)N(OCC(C)(O)CON2C(C)(C)CC(C)CC2(C)C)C(C)(C)C1. The lowest BCUT2D eigenvalue weighted by atomic mass is 9.76. The molecule has 0 saturated carbocycles. The first-order chi connectivity index (χ1) is 12.9. The van der Waals surface area contributed by atoms with Gasteiger partial charge in [-0.1, -0.05) is 13.8 Å². The highest BCUT2D eigenvalue weighted by Gasteiger charge is 2.47. The monoisotopic (exact) mass is 412 g/mol. The molecule has 0 aromatic rings. The first-order valence-electron chi connectivity index (χ1n) is 11.5. The molecule has 0 aromatic carbocycles. The molecule has 0 radical (unpaired) electrons. The highest BCUT2D eigenvalue weighted by Crippen LogP contribution is 2.43. The third kappa shape index (κ3) is 5.94. The van der Waals surface area contributed by atoms with E-state index >= 15 is 0 Å². The average molecular weight is 413 g/mol. The fourth-order valence-corrected chi connectivity index (χ4v) is 6.67. The summed E-state index contributed by atoms with van der Waals surface area (Å²) < 4.78 is 0. The van der Waals surface area contributed by atoms with Crippen molar-refractivity contribution in [2.45, 2.75) is 130 Å². The molecule has 2 rings (SSSR count). The molecule has 2 saturated heterocycles. The molecule has 2 aliphatic heterocycles. The van der Waals surface area contributed by atoms with E-state index in [-0.39, 0.29) is 35.4 Å². The Balaban J connectivity index is 2.01. The zero-order valence-electron chi connectivity index (χ0n) is 21.1. The second kappa shape index (κ2) is 8.05. The van der Waals surface area contributed by atoms with Gasteiger partial charge in [0.25, 0.3) is 0 Å². The van der Waals surface area contributed by atoms with Gasteiger partial charge in [-0.15, -0.1) is 0 Å². The molecule has 5 heteroatoms. The number of aliphatic hydroxyl groups is 1. The minimum Gasteiger partial charge on any atom is -0.385 e. The van der Waals surface area contributed by atoms with E-state index in [0.29, 0.717) is 11.8 Å². The molecule has 172 valence electrons. The molecule has 29 heavy (non-hydrogen) atoms. The minimum absolute atomic E-state index is 0.0644. The predicted molar refractivity (Wildman–Crippen MR) is 119 cm³/mol. The summed E-state index contributed by atoms with van der Waals surface area (Å²) in [5.41, 5.74) is -1.32. The molecule has 0 unspecified atom stereocenters. The standard InChI is InChI=1S/C24H48N2O3/c1-18-12-20(3,4)25(21(5,6)13-18)28-16-24(11,27)17-29-26-22(7,8)14-19(2)15-23(26,9)10/h18-19,27H,12-17H2,1-11H3. The Bertz CT molecular complexity index is 484. The summed E-state index contributed by atoms with van der Waals surface area (Å²) in [6.45, 7) is 24.7. The Labute approximate surface area is 180 Å². The van der Waals surface area contributed by atoms with Crippen molar-refractivity contribution in [2.24, 2.45) is 11.8 Å². The lowest BCUT2D eigenvalue weighted by Crippen LogP contribution is -2.62. The van der Waals surface area contributed by atoms with Gasteiger partial charge in [-0.25, -0.2) is 0 Å². The molecule has 2 fully saturated rings. The number of hydrogen-bond acceptors (Lipinski definition) is 5.